The van der Waals surface area contributed by atoms with Crippen LogP contribution in [0, 0.1) is 0 Å². The Bertz CT molecular complexity index is 591. The maximum Gasteiger partial charge on any atom is 0.222 e. The van der Waals surface area contributed by atoms with E-state index in [1.54, 1.807) is 11.8 Å². The number of nitrogens with zero attached hydrogens (tertiary/aromatic N) is 3. The van der Waals surface area contributed by atoms with Crippen molar-refractivity contribution < 1.29 is 0 Å². The van der Waals surface area contributed by atoms with E-state index in [0.29, 0.717) is 17.9 Å². The molecule has 1 aliphatic rings. The average molecular weight is 274 g/mol. The first-order valence-corrected chi connectivity index (χ1v) is 7.56. The topological polar surface area (TPSA) is 56.7 Å². The molecule has 0 saturated carbocycles. The summed E-state index contributed by atoms with van der Waals surface area (Å²) >= 11 is 1.75. The van der Waals surface area contributed by atoms with Crippen LogP contribution in [0.15, 0.2) is 29.4 Å². The highest BCUT2D eigenvalue weighted by Gasteiger charge is 2.26. The molecular formula is C14H18N4S. The van der Waals surface area contributed by atoms with E-state index in [1.807, 2.05) is 4.57 Å². The summed E-state index contributed by atoms with van der Waals surface area (Å²) < 4.78 is 2.00. The number of nitrogens with two attached hydrogens (primary N) is 1. The Morgan fingerprint density at radius 3 is 2.89 bits per heavy atom. The van der Waals surface area contributed by atoms with Crippen LogP contribution in [-0.2, 0) is 6.42 Å². The molecule has 19 heavy (non-hydrogen) atoms. The van der Waals surface area contributed by atoms with Gasteiger partial charge in [-0.1, -0.05) is 36.0 Å². The molecule has 2 aromatic rings. The van der Waals surface area contributed by atoms with E-state index in [2.05, 4.69) is 48.3 Å². The van der Waals surface area contributed by atoms with Gasteiger partial charge in [0, 0.05) is 11.8 Å². The van der Waals surface area contributed by atoms with E-state index in [4.69, 9.17) is 5.73 Å². The van der Waals surface area contributed by atoms with Crippen molar-refractivity contribution in [2.24, 2.45) is 0 Å². The van der Waals surface area contributed by atoms with Gasteiger partial charge in [-0.15, -0.1) is 10.2 Å². The van der Waals surface area contributed by atoms with Gasteiger partial charge in [-0.05, 0) is 37.3 Å². The van der Waals surface area contributed by atoms with E-state index >= 15 is 0 Å². The Balaban J connectivity index is 1.69. The molecule has 0 radical (unpaired) electrons. The number of benzene rings is 1. The van der Waals surface area contributed by atoms with Crippen LogP contribution in [0.25, 0.3) is 0 Å². The van der Waals surface area contributed by atoms with Gasteiger partial charge in [0.15, 0.2) is 5.16 Å². The molecule has 1 aliphatic carbocycles. The number of anilines is 1. The highest BCUT2D eigenvalue weighted by atomic mass is 32.2. The van der Waals surface area contributed by atoms with Gasteiger partial charge in [0.1, 0.15) is 0 Å². The van der Waals surface area contributed by atoms with Gasteiger partial charge in [-0.2, -0.15) is 0 Å². The molecule has 0 saturated heterocycles. The van der Waals surface area contributed by atoms with Crippen LogP contribution < -0.4 is 5.73 Å². The zero-order valence-corrected chi connectivity index (χ0v) is 12.0. The SMILES string of the molecule is CC(C)n1c(N)nnc1SCC1Cc2ccccc21. The minimum atomic E-state index is 0.297. The molecule has 3 rings (SSSR count). The zero-order valence-electron chi connectivity index (χ0n) is 11.2. The molecule has 1 aromatic carbocycles. The molecule has 100 valence electrons. The number of rotatable bonds is 4. The highest BCUT2D eigenvalue weighted by molar-refractivity contribution is 7.99. The lowest BCUT2D eigenvalue weighted by Crippen LogP contribution is -2.19. The molecule has 0 aliphatic heterocycles. The van der Waals surface area contributed by atoms with Crippen molar-refractivity contribution in [1.29, 1.82) is 0 Å². The summed E-state index contributed by atoms with van der Waals surface area (Å²) in [6, 6.07) is 8.96. The standard InChI is InChI=1S/C14H18N4S/c1-9(2)18-13(15)16-17-14(18)19-8-11-7-10-5-3-4-6-12(10)11/h3-6,9,11H,7-8H2,1-2H3,(H2,15,16). The lowest BCUT2D eigenvalue weighted by Gasteiger charge is -2.29. The van der Waals surface area contributed by atoms with Crippen LogP contribution >= 0.6 is 11.8 Å². The molecule has 1 aromatic heterocycles. The highest BCUT2D eigenvalue weighted by Crippen LogP contribution is 2.38. The van der Waals surface area contributed by atoms with Crippen molar-refractivity contribution in [1.82, 2.24) is 14.8 Å². The first kappa shape index (κ1) is 12.5. The first-order chi connectivity index (χ1) is 9.16. The summed E-state index contributed by atoms with van der Waals surface area (Å²) in [7, 11) is 0. The van der Waals surface area contributed by atoms with Gasteiger partial charge in [0.25, 0.3) is 0 Å². The van der Waals surface area contributed by atoms with Gasteiger partial charge < -0.3 is 5.73 Å². The minimum absolute atomic E-state index is 0.297. The zero-order chi connectivity index (χ0) is 13.4. The number of hydrogen-bond donors (Lipinski definition) is 1. The third-order valence-electron chi connectivity index (χ3n) is 3.58. The fourth-order valence-electron chi connectivity index (χ4n) is 2.56. The Morgan fingerprint density at radius 2 is 2.16 bits per heavy atom. The number of nitrogen functional groups attached to an aromatic ring is 1. The maximum atomic E-state index is 5.85. The van der Waals surface area contributed by atoms with Gasteiger partial charge >= 0.3 is 0 Å². The number of fused-ring (bicyclic) bond motifs is 1. The lowest BCUT2D eigenvalue weighted by atomic mass is 9.79. The Kier molecular flexibility index (Phi) is 3.22. The largest absolute Gasteiger partial charge is 0.368 e. The average Bonchev–Trinajstić information content (AvgIpc) is 2.72. The molecule has 1 atom stereocenters. The lowest BCUT2D eigenvalue weighted by molar-refractivity contribution is 0.556. The summed E-state index contributed by atoms with van der Waals surface area (Å²) in [5, 5.41) is 9.08. The minimum Gasteiger partial charge on any atom is -0.368 e. The van der Waals surface area contributed by atoms with E-state index in [-0.39, 0.29) is 0 Å². The molecule has 2 N–H and O–H groups in total. The van der Waals surface area contributed by atoms with Crippen LogP contribution in [0.5, 0.6) is 0 Å². The monoisotopic (exact) mass is 274 g/mol. The molecule has 0 spiro atoms. The Morgan fingerprint density at radius 1 is 1.37 bits per heavy atom. The molecule has 4 nitrogen and oxygen atoms in total. The van der Waals surface area contributed by atoms with E-state index in [1.165, 1.54) is 17.5 Å². The quantitative estimate of drug-likeness (QED) is 0.871. The second-order valence-corrected chi connectivity index (χ2v) is 6.20. The van der Waals surface area contributed by atoms with Crippen molar-refractivity contribution in [2.75, 3.05) is 11.5 Å². The van der Waals surface area contributed by atoms with Crippen molar-refractivity contribution in [3.8, 4) is 0 Å². The molecule has 1 unspecified atom stereocenters. The molecule has 0 bridgehead atoms. The second-order valence-electron chi connectivity index (χ2n) is 5.22. The van der Waals surface area contributed by atoms with Gasteiger partial charge in [0.2, 0.25) is 5.95 Å². The van der Waals surface area contributed by atoms with Crippen LogP contribution in [0.2, 0.25) is 0 Å². The number of aromatic nitrogens is 3. The van der Waals surface area contributed by atoms with Crippen molar-refractivity contribution >= 4 is 17.7 Å². The normalized spacial score (nSPS) is 17.3. The fraction of sp³-hybridized carbons (Fsp3) is 0.429. The Hall–Kier alpha value is -1.49. The molecule has 5 heteroatoms. The maximum absolute atomic E-state index is 5.85. The number of hydrogen-bond acceptors (Lipinski definition) is 4. The second kappa shape index (κ2) is 4.89. The summed E-state index contributed by atoms with van der Waals surface area (Å²) in [6.45, 7) is 4.20. The molecule has 0 fully saturated rings. The number of thioether (sulfide) groups is 1. The summed E-state index contributed by atoms with van der Waals surface area (Å²) in [5.74, 6) is 2.19. The Labute approximate surface area is 117 Å². The summed E-state index contributed by atoms with van der Waals surface area (Å²) in [6.07, 6.45) is 1.18. The van der Waals surface area contributed by atoms with Crippen LogP contribution in [-0.4, -0.2) is 20.5 Å². The van der Waals surface area contributed by atoms with Gasteiger partial charge in [0.05, 0.1) is 0 Å². The van der Waals surface area contributed by atoms with Crippen LogP contribution in [0.3, 0.4) is 0 Å². The van der Waals surface area contributed by atoms with E-state index in [9.17, 15) is 0 Å². The molecule has 0 amide bonds. The first-order valence-electron chi connectivity index (χ1n) is 6.57. The molecular weight excluding hydrogens is 256 g/mol. The fourth-order valence-corrected chi connectivity index (χ4v) is 3.75. The predicted octanol–water partition coefficient (Wildman–Crippen LogP) is 2.87. The van der Waals surface area contributed by atoms with Crippen LogP contribution in [0.4, 0.5) is 5.95 Å². The van der Waals surface area contributed by atoms with Crippen molar-refractivity contribution in [2.45, 2.75) is 37.4 Å². The van der Waals surface area contributed by atoms with Gasteiger partial charge in [-0.25, -0.2) is 0 Å². The van der Waals surface area contributed by atoms with Crippen molar-refractivity contribution in [3.63, 3.8) is 0 Å². The predicted molar refractivity (Wildman–Crippen MR) is 78.4 cm³/mol. The summed E-state index contributed by atoms with van der Waals surface area (Å²) in [4.78, 5) is 0. The third-order valence-corrected chi connectivity index (χ3v) is 4.69. The van der Waals surface area contributed by atoms with E-state index in [0.717, 1.165) is 10.9 Å². The van der Waals surface area contributed by atoms with Crippen molar-refractivity contribution in [3.05, 3.63) is 35.4 Å². The van der Waals surface area contributed by atoms with E-state index < -0.39 is 0 Å². The summed E-state index contributed by atoms with van der Waals surface area (Å²) in [5.41, 5.74) is 8.82. The molecule has 1 heterocycles. The third kappa shape index (κ3) is 2.23. The smallest absolute Gasteiger partial charge is 0.222 e. The van der Waals surface area contributed by atoms with Crippen LogP contribution in [0.1, 0.15) is 36.9 Å². The van der Waals surface area contributed by atoms with Gasteiger partial charge in [-0.3, -0.25) is 4.57 Å².